The Morgan fingerprint density at radius 1 is 1.04 bits per heavy atom. The third-order valence-corrected chi connectivity index (χ3v) is 5.38. The summed E-state index contributed by atoms with van der Waals surface area (Å²) in [6, 6.07) is 12.7. The maximum Gasteiger partial charge on any atom is 0.266 e. The largest absolute Gasteiger partial charge is 0.314 e. The zero-order chi connectivity index (χ0) is 19.5. The number of hydrogen-bond donors (Lipinski definition) is 0. The predicted molar refractivity (Wildman–Crippen MR) is 107 cm³/mol. The average Bonchev–Trinajstić information content (AvgIpc) is 3.14. The molecule has 4 heterocycles. The van der Waals surface area contributed by atoms with E-state index in [2.05, 4.69) is 15.0 Å². The Balaban J connectivity index is 1.55. The molecule has 0 saturated carbocycles. The second kappa shape index (κ2) is 7.90. The molecule has 4 rings (SSSR count). The molecular weight excluding hydrogens is 354 g/mol. The molecule has 0 aliphatic carbocycles. The fraction of sp³-hybridized carbons (Fsp3) is 0.333. The minimum Gasteiger partial charge on any atom is -0.314 e. The molecule has 7 nitrogen and oxygen atoms in total. The highest BCUT2D eigenvalue weighted by atomic mass is 16.1. The van der Waals surface area contributed by atoms with Crippen LogP contribution in [-0.4, -0.2) is 36.8 Å². The highest BCUT2D eigenvalue weighted by Crippen LogP contribution is 2.21. The van der Waals surface area contributed by atoms with Crippen LogP contribution in [0.3, 0.4) is 0 Å². The van der Waals surface area contributed by atoms with E-state index in [1.54, 1.807) is 53.0 Å². The lowest BCUT2D eigenvalue weighted by molar-refractivity contribution is 0.212. The number of hydrogen-bond acceptors (Lipinski definition) is 5. The van der Waals surface area contributed by atoms with Crippen LogP contribution < -0.4 is 11.1 Å². The van der Waals surface area contributed by atoms with Crippen molar-refractivity contribution in [2.45, 2.75) is 32.0 Å². The molecule has 0 amide bonds. The molecule has 1 saturated heterocycles. The van der Waals surface area contributed by atoms with Gasteiger partial charge in [-0.25, -0.2) is 4.68 Å². The number of likely N-dealkylation sites (tertiary alicyclic amines) is 1. The Kier molecular flexibility index (Phi) is 5.16. The lowest BCUT2D eigenvalue weighted by Gasteiger charge is -2.25. The summed E-state index contributed by atoms with van der Waals surface area (Å²) in [7, 11) is 1.80. The van der Waals surface area contributed by atoms with Crippen molar-refractivity contribution in [3.8, 4) is 11.3 Å². The monoisotopic (exact) mass is 377 g/mol. The number of pyridine rings is 2. The molecule has 1 aliphatic heterocycles. The van der Waals surface area contributed by atoms with Gasteiger partial charge in [0.2, 0.25) is 5.56 Å². The maximum absolute atomic E-state index is 12.4. The van der Waals surface area contributed by atoms with Crippen molar-refractivity contribution < 1.29 is 0 Å². The highest BCUT2D eigenvalue weighted by Gasteiger charge is 2.26. The molecule has 1 unspecified atom stereocenters. The van der Waals surface area contributed by atoms with E-state index in [0.29, 0.717) is 13.1 Å². The lowest BCUT2D eigenvalue weighted by atomic mass is 10.2. The number of nitrogens with zero attached hydrogens (tertiary/aromatic N) is 5. The second-order valence-corrected chi connectivity index (χ2v) is 7.16. The molecule has 0 aromatic carbocycles. The highest BCUT2D eigenvalue weighted by molar-refractivity contribution is 5.56. The first kappa shape index (κ1) is 18.3. The van der Waals surface area contributed by atoms with Gasteiger partial charge in [0.05, 0.1) is 12.2 Å². The molecular formula is C21H23N5O2. The third-order valence-electron chi connectivity index (χ3n) is 5.38. The molecule has 3 aromatic heterocycles. The van der Waals surface area contributed by atoms with Gasteiger partial charge in [0.1, 0.15) is 0 Å². The fourth-order valence-corrected chi connectivity index (χ4v) is 3.74. The van der Waals surface area contributed by atoms with Crippen LogP contribution in [0.2, 0.25) is 0 Å². The van der Waals surface area contributed by atoms with E-state index < -0.39 is 0 Å². The number of aromatic nitrogens is 4. The van der Waals surface area contributed by atoms with Gasteiger partial charge in [0.25, 0.3) is 5.56 Å². The van der Waals surface area contributed by atoms with Gasteiger partial charge >= 0.3 is 0 Å². The van der Waals surface area contributed by atoms with Gasteiger partial charge in [-0.1, -0.05) is 6.07 Å². The SMILES string of the molecule is Cn1c(CN2CCCC2Cn2nc(-c3ccncc3)ccc2=O)cccc1=O. The van der Waals surface area contributed by atoms with Crippen molar-refractivity contribution in [3.05, 3.63) is 81.3 Å². The molecule has 1 atom stereocenters. The van der Waals surface area contributed by atoms with Crippen LogP contribution >= 0.6 is 0 Å². The molecule has 3 aromatic rings. The van der Waals surface area contributed by atoms with Crippen molar-refractivity contribution in [1.29, 1.82) is 0 Å². The van der Waals surface area contributed by atoms with E-state index in [4.69, 9.17) is 0 Å². The molecule has 144 valence electrons. The Bertz CT molecular complexity index is 1070. The van der Waals surface area contributed by atoms with E-state index in [0.717, 1.165) is 36.3 Å². The van der Waals surface area contributed by atoms with Crippen LogP contribution in [0.4, 0.5) is 0 Å². The molecule has 0 spiro atoms. The van der Waals surface area contributed by atoms with Gasteiger partial charge in [-0.2, -0.15) is 5.10 Å². The first-order valence-electron chi connectivity index (χ1n) is 9.49. The summed E-state index contributed by atoms with van der Waals surface area (Å²) >= 11 is 0. The molecule has 7 heteroatoms. The molecule has 28 heavy (non-hydrogen) atoms. The van der Waals surface area contributed by atoms with Gasteiger partial charge in [-0.3, -0.25) is 19.5 Å². The van der Waals surface area contributed by atoms with Crippen molar-refractivity contribution in [1.82, 2.24) is 24.2 Å². The predicted octanol–water partition coefficient (Wildman–Crippen LogP) is 1.67. The molecule has 0 bridgehead atoms. The van der Waals surface area contributed by atoms with Gasteiger partial charge in [-0.05, 0) is 43.7 Å². The molecule has 1 aliphatic rings. The summed E-state index contributed by atoms with van der Waals surface area (Å²) in [5, 5.41) is 4.57. The summed E-state index contributed by atoms with van der Waals surface area (Å²) in [6.07, 6.45) is 5.52. The summed E-state index contributed by atoms with van der Waals surface area (Å²) in [6.45, 7) is 2.18. The molecule has 1 fully saturated rings. The zero-order valence-electron chi connectivity index (χ0n) is 15.9. The first-order chi connectivity index (χ1) is 13.6. The number of rotatable bonds is 5. The Morgan fingerprint density at radius 3 is 2.68 bits per heavy atom. The fourth-order valence-electron chi connectivity index (χ4n) is 3.74. The summed E-state index contributed by atoms with van der Waals surface area (Å²) in [4.78, 5) is 30.6. The second-order valence-electron chi connectivity index (χ2n) is 7.16. The van der Waals surface area contributed by atoms with E-state index in [9.17, 15) is 9.59 Å². The van der Waals surface area contributed by atoms with E-state index in [1.807, 2.05) is 18.2 Å². The quantitative estimate of drug-likeness (QED) is 0.676. The molecule has 0 N–H and O–H groups in total. The van der Waals surface area contributed by atoms with E-state index in [1.165, 1.54) is 0 Å². The Labute approximate surface area is 162 Å². The Morgan fingerprint density at radius 2 is 1.86 bits per heavy atom. The smallest absolute Gasteiger partial charge is 0.266 e. The van der Waals surface area contributed by atoms with Crippen LogP contribution in [0, 0.1) is 0 Å². The van der Waals surface area contributed by atoms with Gasteiger partial charge in [0, 0.05) is 55.4 Å². The van der Waals surface area contributed by atoms with Crippen LogP contribution in [0.1, 0.15) is 18.5 Å². The maximum atomic E-state index is 12.4. The van der Waals surface area contributed by atoms with Crippen molar-refractivity contribution in [2.75, 3.05) is 6.54 Å². The standard InChI is InChI=1S/C21H23N5O2/c1-24-17(4-2-6-20(24)27)14-25-13-3-5-18(25)15-26-21(28)8-7-19(23-26)16-9-11-22-12-10-16/h2,4,6-12,18H,3,5,13-15H2,1H3. The topological polar surface area (TPSA) is 73.0 Å². The lowest BCUT2D eigenvalue weighted by Crippen LogP contribution is -2.37. The van der Waals surface area contributed by atoms with E-state index >= 15 is 0 Å². The van der Waals surface area contributed by atoms with Crippen molar-refractivity contribution in [3.63, 3.8) is 0 Å². The van der Waals surface area contributed by atoms with E-state index in [-0.39, 0.29) is 17.2 Å². The summed E-state index contributed by atoms with van der Waals surface area (Å²) < 4.78 is 3.24. The van der Waals surface area contributed by atoms with Crippen LogP contribution in [0.15, 0.2) is 64.4 Å². The van der Waals surface area contributed by atoms with Crippen LogP contribution in [0.25, 0.3) is 11.3 Å². The van der Waals surface area contributed by atoms with Gasteiger partial charge in [-0.15, -0.1) is 0 Å². The zero-order valence-corrected chi connectivity index (χ0v) is 15.9. The van der Waals surface area contributed by atoms with Gasteiger partial charge in [0.15, 0.2) is 0 Å². The first-order valence-corrected chi connectivity index (χ1v) is 9.49. The minimum atomic E-state index is -0.100. The van der Waals surface area contributed by atoms with Crippen molar-refractivity contribution in [2.24, 2.45) is 7.05 Å². The summed E-state index contributed by atoms with van der Waals surface area (Å²) in [5.41, 5.74) is 2.57. The average molecular weight is 377 g/mol. The normalized spacial score (nSPS) is 17.1. The minimum absolute atomic E-state index is 0.00353. The Hall–Kier alpha value is -3.06. The van der Waals surface area contributed by atoms with Crippen molar-refractivity contribution >= 4 is 0 Å². The van der Waals surface area contributed by atoms with Crippen LogP contribution in [0.5, 0.6) is 0 Å². The molecule has 0 radical (unpaired) electrons. The van der Waals surface area contributed by atoms with Gasteiger partial charge < -0.3 is 4.57 Å². The van der Waals surface area contributed by atoms with Crippen LogP contribution in [-0.2, 0) is 20.1 Å². The third kappa shape index (κ3) is 3.80. The summed E-state index contributed by atoms with van der Waals surface area (Å²) in [5.74, 6) is 0.